The summed E-state index contributed by atoms with van der Waals surface area (Å²) in [5, 5.41) is 1.04. The molecule has 3 nitrogen and oxygen atoms in total. The molecule has 0 amide bonds. The molecule has 0 unspecified atom stereocenters. The van der Waals surface area contributed by atoms with Crippen LogP contribution < -0.4 is 5.73 Å². The van der Waals surface area contributed by atoms with Gasteiger partial charge < -0.3 is 14.9 Å². The first-order valence-corrected chi connectivity index (χ1v) is 5.04. The maximum Gasteiger partial charge on any atom is 0.134 e. The van der Waals surface area contributed by atoms with Crippen LogP contribution in [-0.4, -0.2) is 6.10 Å². The van der Waals surface area contributed by atoms with E-state index in [0.29, 0.717) is 6.61 Å². The molecule has 1 heterocycles. The molecule has 2 N–H and O–H groups in total. The van der Waals surface area contributed by atoms with E-state index in [1.54, 1.807) is 6.26 Å². The van der Waals surface area contributed by atoms with Gasteiger partial charge >= 0.3 is 0 Å². The predicted octanol–water partition coefficient (Wildman–Crippen LogP) is 2.94. The monoisotopic (exact) mass is 205 g/mol. The van der Waals surface area contributed by atoms with E-state index < -0.39 is 0 Å². The quantitative estimate of drug-likeness (QED) is 0.784. The molecule has 15 heavy (non-hydrogen) atoms. The third kappa shape index (κ3) is 2.13. The summed E-state index contributed by atoms with van der Waals surface area (Å²) < 4.78 is 10.9. The number of hydrogen-bond acceptors (Lipinski definition) is 3. The van der Waals surface area contributed by atoms with Gasteiger partial charge in [0.1, 0.15) is 5.58 Å². The molecule has 2 rings (SSSR count). The van der Waals surface area contributed by atoms with Gasteiger partial charge in [-0.25, -0.2) is 0 Å². The summed E-state index contributed by atoms with van der Waals surface area (Å²) in [6, 6.07) is 5.63. The number of anilines is 1. The van der Waals surface area contributed by atoms with Gasteiger partial charge in [0.25, 0.3) is 0 Å². The summed E-state index contributed by atoms with van der Waals surface area (Å²) in [6.45, 7) is 4.58. The minimum Gasteiger partial charge on any atom is -0.464 e. The lowest BCUT2D eigenvalue weighted by Gasteiger charge is -2.05. The summed E-state index contributed by atoms with van der Waals surface area (Å²) in [5.41, 5.74) is 8.37. The molecule has 0 spiro atoms. The number of fused-ring (bicyclic) bond motifs is 1. The van der Waals surface area contributed by atoms with Gasteiger partial charge in [-0.1, -0.05) is 0 Å². The third-order valence-corrected chi connectivity index (χ3v) is 2.25. The summed E-state index contributed by atoms with van der Waals surface area (Å²) in [4.78, 5) is 0. The highest BCUT2D eigenvalue weighted by atomic mass is 16.5. The average Bonchev–Trinajstić information content (AvgIpc) is 2.57. The van der Waals surface area contributed by atoms with Crippen LogP contribution >= 0.6 is 0 Å². The van der Waals surface area contributed by atoms with Crippen LogP contribution in [0.3, 0.4) is 0 Å². The average molecular weight is 205 g/mol. The lowest BCUT2D eigenvalue weighted by Crippen LogP contribution is -2.01. The van der Waals surface area contributed by atoms with Gasteiger partial charge in [0.2, 0.25) is 0 Å². The molecule has 0 saturated carbocycles. The number of ether oxygens (including phenoxy) is 1. The van der Waals surface area contributed by atoms with Crippen LogP contribution in [0.25, 0.3) is 11.0 Å². The van der Waals surface area contributed by atoms with Crippen molar-refractivity contribution in [2.75, 3.05) is 5.73 Å². The molecule has 0 bridgehead atoms. The molecular weight excluding hydrogens is 190 g/mol. The number of benzene rings is 1. The highest BCUT2D eigenvalue weighted by Gasteiger charge is 2.06. The lowest BCUT2D eigenvalue weighted by molar-refractivity contribution is 0.0660. The van der Waals surface area contributed by atoms with E-state index in [1.807, 2.05) is 32.0 Å². The Kier molecular flexibility index (Phi) is 2.64. The Hall–Kier alpha value is -1.48. The molecule has 0 radical (unpaired) electrons. The number of hydrogen-bond donors (Lipinski definition) is 1. The van der Waals surface area contributed by atoms with Crippen molar-refractivity contribution in [3.8, 4) is 0 Å². The molecule has 0 fully saturated rings. The van der Waals surface area contributed by atoms with Crippen molar-refractivity contribution in [1.29, 1.82) is 0 Å². The first-order valence-electron chi connectivity index (χ1n) is 5.04. The Morgan fingerprint density at radius 3 is 2.93 bits per heavy atom. The summed E-state index contributed by atoms with van der Waals surface area (Å²) in [5.74, 6) is 0. The standard InChI is InChI=1S/C12H15NO2/c1-8(2)14-6-9-7-15-12-4-3-10(13)5-11(9)12/h3-5,7-8H,6,13H2,1-2H3. The Morgan fingerprint density at radius 1 is 1.40 bits per heavy atom. The molecule has 0 atom stereocenters. The van der Waals surface area contributed by atoms with Crippen LogP contribution in [-0.2, 0) is 11.3 Å². The highest BCUT2D eigenvalue weighted by molar-refractivity contribution is 5.83. The van der Waals surface area contributed by atoms with Crippen LogP contribution in [0, 0.1) is 0 Å². The fraction of sp³-hybridized carbons (Fsp3) is 0.333. The molecule has 3 heteroatoms. The van der Waals surface area contributed by atoms with E-state index in [1.165, 1.54) is 0 Å². The maximum atomic E-state index is 5.73. The first-order chi connectivity index (χ1) is 7.16. The Morgan fingerprint density at radius 2 is 2.20 bits per heavy atom. The molecule has 2 aromatic rings. The van der Waals surface area contributed by atoms with Crippen LogP contribution in [0.4, 0.5) is 5.69 Å². The van der Waals surface area contributed by atoms with Crippen LogP contribution in [0.5, 0.6) is 0 Å². The SMILES string of the molecule is CC(C)OCc1coc2ccc(N)cc12. The third-order valence-electron chi connectivity index (χ3n) is 2.25. The Labute approximate surface area is 88.8 Å². The maximum absolute atomic E-state index is 5.73. The van der Waals surface area contributed by atoms with E-state index in [4.69, 9.17) is 14.9 Å². The molecule has 1 aromatic carbocycles. The Balaban J connectivity index is 2.31. The highest BCUT2D eigenvalue weighted by Crippen LogP contribution is 2.24. The fourth-order valence-electron chi connectivity index (χ4n) is 1.47. The van der Waals surface area contributed by atoms with Crippen molar-refractivity contribution in [1.82, 2.24) is 0 Å². The van der Waals surface area contributed by atoms with Gasteiger partial charge in [-0.2, -0.15) is 0 Å². The zero-order valence-electron chi connectivity index (χ0n) is 8.99. The first kappa shape index (κ1) is 10.1. The van der Waals surface area contributed by atoms with E-state index in [0.717, 1.165) is 22.2 Å². The van der Waals surface area contributed by atoms with Gasteiger partial charge in [-0.15, -0.1) is 0 Å². The largest absolute Gasteiger partial charge is 0.464 e. The normalized spacial score (nSPS) is 11.4. The van der Waals surface area contributed by atoms with Crippen molar-refractivity contribution in [2.24, 2.45) is 0 Å². The summed E-state index contributed by atoms with van der Waals surface area (Å²) in [6.07, 6.45) is 1.95. The molecule has 0 aliphatic carbocycles. The van der Waals surface area contributed by atoms with Gasteiger partial charge in [0.05, 0.1) is 19.0 Å². The lowest BCUT2D eigenvalue weighted by atomic mass is 10.1. The van der Waals surface area contributed by atoms with Crippen LogP contribution in [0.2, 0.25) is 0 Å². The van der Waals surface area contributed by atoms with Gasteiger partial charge in [-0.3, -0.25) is 0 Å². The van der Waals surface area contributed by atoms with Crippen LogP contribution in [0.15, 0.2) is 28.9 Å². The molecule has 0 saturated heterocycles. The molecule has 1 aromatic heterocycles. The van der Waals surface area contributed by atoms with Crippen molar-refractivity contribution in [3.05, 3.63) is 30.0 Å². The van der Waals surface area contributed by atoms with E-state index >= 15 is 0 Å². The zero-order valence-corrected chi connectivity index (χ0v) is 8.99. The number of nitrogens with two attached hydrogens (primary N) is 1. The topological polar surface area (TPSA) is 48.4 Å². The fourth-order valence-corrected chi connectivity index (χ4v) is 1.47. The van der Waals surface area contributed by atoms with Crippen molar-refractivity contribution in [3.63, 3.8) is 0 Å². The molecule has 0 aliphatic rings. The molecular formula is C12H15NO2. The number of rotatable bonds is 3. The van der Waals surface area contributed by atoms with Gasteiger partial charge in [0.15, 0.2) is 0 Å². The minimum atomic E-state index is 0.219. The van der Waals surface area contributed by atoms with Crippen molar-refractivity contribution >= 4 is 16.7 Å². The minimum absolute atomic E-state index is 0.219. The number of nitrogen functional groups attached to an aromatic ring is 1. The van der Waals surface area contributed by atoms with Crippen LogP contribution in [0.1, 0.15) is 19.4 Å². The second-order valence-corrected chi connectivity index (χ2v) is 3.88. The van der Waals surface area contributed by atoms with E-state index in [-0.39, 0.29) is 6.10 Å². The smallest absolute Gasteiger partial charge is 0.134 e. The summed E-state index contributed by atoms with van der Waals surface area (Å²) >= 11 is 0. The number of furan rings is 1. The van der Waals surface area contributed by atoms with E-state index in [2.05, 4.69) is 0 Å². The van der Waals surface area contributed by atoms with Gasteiger partial charge in [-0.05, 0) is 32.0 Å². The molecule has 0 aliphatic heterocycles. The predicted molar refractivity (Wildman–Crippen MR) is 60.6 cm³/mol. The second-order valence-electron chi connectivity index (χ2n) is 3.88. The molecule has 80 valence electrons. The zero-order chi connectivity index (χ0) is 10.8. The van der Waals surface area contributed by atoms with E-state index in [9.17, 15) is 0 Å². The second kappa shape index (κ2) is 3.95. The van der Waals surface area contributed by atoms with Crippen molar-refractivity contribution < 1.29 is 9.15 Å². The Bertz CT molecular complexity index is 460. The van der Waals surface area contributed by atoms with Crippen molar-refractivity contribution in [2.45, 2.75) is 26.6 Å². The van der Waals surface area contributed by atoms with Gasteiger partial charge in [0, 0.05) is 16.6 Å². The summed E-state index contributed by atoms with van der Waals surface area (Å²) in [7, 11) is 0.